The molecular formula is C125H118N12+6. The van der Waals surface area contributed by atoms with Crippen molar-refractivity contribution in [2.24, 2.45) is 54.1 Å². The third kappa shape index (κ3) is 15.0. The Hall–Kier alpha value is -15.9. The fourth-order valence-corrected chi connectivity index (χ4v) is 22.1. The van der Waals surface area contributed by atoms with Gasteiger partial charge in [0.05, 0.1) is 81.6 Å². The number of benzene rings is 14. The summed E-state index contributed by atoms with van der Waals surface area (Å²) in [6, 6.07) is 120. The molecule has 0 aliphatic heterocycles. The number of para-hydroxylation sites is 10. The second-order valence-corrected chi connectivity index (χ2v) is 38.3. The molecule has 0 radical (unpaired) electrons. The van der Waals surface area contributed by atoms with Crippen molar-refractivity contribution in [3.8, 4) is 22.8 Å². The Labute approximate surface area is 799 Å². The molecule has 14 aromatic carbocycles. The molecule has 137 heavy (non-hydrogen) atoms. The zero-order chi connectivity index (χ0) is 94.5. The SMILES string of the molecule is Cc1cccc2c3ccccc3[n+]3cc(C)n(C)c3c12.Cc1cccc2c3ccccc3n(-c3cccc[n+]3C)c12.Cc1cccc2c3ccccc3n3c(-c4c(CC(C)C)cccc4CC(C)C)c[n+](C)c3c12.Cc1cccc2c3ccccc3n3c4ccccc4[n+](C)c3c12.Cc1cccc2c3ccccc3n3cc[n+](C)c3c12.Cc1ccccc1-n1c2ccccc2c2ccc[n+](C)c21. The second kappa shape index (κ2) is 35.8. The minimum absolute atomic E-state index is 0.609. The van der Waals surface area contributed by atoms with Gasteiger partial charge in [-0.2, -0.15) is 26.7 Å². The fraction of sp³-hybridized carbons (Fsp3) is 0.168. The zero-order valence-electron chi connectivity index (χ0n) is 81.7. The van der Waals surface area contributed by atoms with Gasteiger partial charge in [0, 0.05) is 77.8 Å². The predicted octanol–water partition coefficient (Wildman–Crippen LogP) is 26.9. The van der Waals surface area contributed by atoms with Crippen LogP contribution in [0, 0.1) is 60.3 Å². The first-order valence-electron chi connectivity index (χ1n) is 48.2. The molecule has 0 saturated carbocycles. The van der Waals surface area contributed by atoms with E-state index in [1.165, 1.54) is 237 Å². The van der Waals surface area contributed by atoms with Crippen LogP contribution in [-0.2, 0) is 55.1 Å². The molecule has 0 aliphatic carbocycles. The number of hydrogen-bond donors (Lipinski definition) is 0. The van der Waals surface area contributed by atoms with E-state index in [1.54, 1.807) is 0 Å². The summed E-state index contributed by atoms with van der Waals surface area (Å²) in [5.41, 5.74) is 33.7. The summed E-state index contributed by atoms with van der Waals surface area (Å²) in [5, 5.41) is 21.1. The van der Waals surface area contributed by atoms with E-state index in [4.69, 9.17) is 0 Å². The van der Waals surface area contributed by atoms with Crippen molar-refractivity contribution < 1.29 is 27.2 Å². The average Bonchev–Trinajstić information content (AvgIpc) is 1.59. The number of rotatable bonds is 7. The van der Waals surface area contributed by atoms with Gasteiger partial charge in [0.2, 0.25) is 0 Å². The van der Waals surface area contributed by atoms with Crippen LogP contribution in [0.25, 0.3) is 187 Å². The predicted molar refractivity (Wildman–Crippen MR) is 571 cm³/mol. The van der Waals surface area contributed by atoms with E-state index in [0.29, 0.717) is 11.8 Å². The van der Waals surface area contributed by atoms with Crippen molar-refractivity contribution in [2.75, 3.05) is 0 Å². The topological polar surface area (TPSA) is 51.5 Å². The molecule has 0 N–H and O–H groups in total. The molecule has 0 fully saturated rings. The maximum Gasteiger partial charge on any atom is 0.295 e. The quantitative estimate of drug-likeness (QED) is 0.113. The summed E-state index contributed by atoms with van der Waals surface area (Å²) in [6.07, 6.45) is 15.2. The Morgan fingerprint density at radius 2 is 0.686 bits per heavy atom. The van der Waals surface area contributed by atoms with Crippen LogP contribution in [0.15, 0.2) is 371 Å². The molecule has 0 aliphatic rings. The second-order valence-electron chi connectivity index (χ2n) is 38.3. The van der Waals surface area contributed by atoms with Crippen molar-refractivity contribution in [3.63, 3.8) is 0 Å². The lowest BCUT2D eigenvalue weighted by atomic mass is 9.89. The van der Waals surface area contributed by atoms with Crippen molar-refractivity contribution >= 4 is 164 Å². The minimum atomic E-state index is 0.609. The molecule has 12 heteroatoms. The number of aromatic nitrogens is 12. The highest BCUT2D eigenvalue weighted by atomic mass is 15.2. The van der Waals surface area contributed by atoms with Crippen LogP contribution in [-0.4, -0.2) is 26.9 Å². The van der Waals surface area contributed by atoms with E-state index >= 15 is 0 Å². The highest BCUT2D eigenvalue weighted by molar-refractivity contribution is 6.17. The molecule has 0 spiro atoms. The number of pyridine rings is 6. The van der Waals surface area contributed by atoms with Gasteiger partial charge in [-0.05, 0) is 202 Å². The number of aryl methyl sites for hydroxylation is 13. The summed E-state index contributed by atoms with van der Waals surface area (Å²) < 4.78 is 27.7. The van der Waals surface area contributed by atoms with Gasteiger partial charge in [-0.1, -0.05) is 264 Å². The Morgan fingerprint density at radius 1 is 0.277 bits per heavy atom. The molecule has 12 nitrogen and oxygen atoms in total. The van der Waals surface area contributed by atoms with Gasteiger partial charge in [0.15, 0.2) is 16.7 Å². The third-order valence-corrected chi connectivity index (χ3v) is 28.3. The summed E-state index contributed by atoms with van der Waals surface area (Å²) in [4.78, 5) is 0. The van der Waals surface area contributed by atoms with E-state index in [-0.39, 0.29) is 0 Å². The first kappa shape index (κ1) is 87.7. The molecule has 0 saturated heterocycles. The van der Waals surface area contributed by atoms with Gasteiger partial charge in [-0.25, -0.2) is 27.4 Å². The van der Waals surface area contributed by atoms with Gasteiger partial charge in [0.1, 0.15) is 74.8 Å². The van der Waals surface area contributed by atoms with E-state index in [1.807, 2.05) is 0 Å². The lowest BCUT2D eigenvalue weighted by molar-refractivity contribution is -0.665. The minimum Gasteiger partial charge on any atom is -0.237 e. The number of hydrogen-bond acceptors (Lipinski definition) is 0. The fourth-order valence-electron chi connectivity index (χ4n) is 22.1. The number of nitrogens with zero attached hydrogens (tertiary/aromatic N) is 12. The van der Waals surface area contributed by atoms with E-state index in [2.05, 4.69) is 543 Å². The summed E-state index contributed by atoms with van der Waals surface area (Å²) >= 11 is 0. The van der Waals surface area contributed by atoms with Gasteiger partial charge >= 0.3 is 0 Å². The zero-order valence-corrected chi connectivity index (χ0v) is 81.7. The van der Waals surface area contributed by atoms with E-state index in [9.17, 15) is 0 Å². The normalized spacial score (nSPS) is 11.7. The van der Waals surface area contributed by atoms with Crippen LogP contribution in [0.5, 0.6) is 0 Å². The Kier molecular flexibility index (Phi) is 22.9. The molecule has 672 valence electrons. The molecular weight excluding hydrogens is 1670 g/mol. The molecule has 12 aromatic heterocycles. The van der Waals surface area contributed by atoms with Crippen LogP contribution in [0.1, 0.15) is 77.9 Å². The van der Waals surface area contributed by atoms with Gasteiger partial charge < -0.3 is 0 Å². The van der Waals surface area contributed by atoms with Crippen molar-refractivity contribution in [3.05, 3.63) is 421 Å². The molecule has 0 atom stereocenters. The Morgan fingerprint density at radius 3 is 1.27 bits per heavy atom. The maximum atomic E-state index is 2.52. The molecule has 12 heterocycles. The van der Waals surface area contributed by atoms with Crippen LogP contribution in [0.3, 0.4) is 0 Å². The Balaban J connectivity index is 0.0000000992. The third-order valence-electron chi connectivity index (χ3n) is 28.3. The van der Waals surface area contributed by atoms with Crippen molar-refractivity contribution in [1.29, 1.82) is 0 Å². The van der Waals surface area contributed by atoms with Crippen molar-refractivity contribution in [2.45, 2.75) is 89.0 Å². The van der Waals surface area contributed by atoms with Crippen molar-refractivity contribution in [1.82, 2.24) is 26.9 Å². The highest BCUT2D eigenvalue weighted by Gasteiger charge is 2.31. The van der Waals surface area contributed by atoms with Crippen LogP contribution in [0.2, 0.25) is 0 Å². The molecule has 0 unspecified atom stereocenters. The summed E-state index contributed by atoms with van der Waals surface area (Å²) in [6.45, 7) is 24.6. The monoisotopic (exact) mass is 1790 g/mol. The molecule has 0 amide bonds. The first-order chi connectivity index (χ1) is 66.6. The smallest absolute Gasteiger partial charge is 0.237 e. The van der Waals surface area contributed by atoms with Gasteiger partial charge in [-0.3, -0.25) is 0 Å². The molecule has 26 aromatic rings. The number of imidazole rings is 4. The Bertz CT molecular complexity index is 9110. The lowest BCUT2D eigenvalue weighted by Gasteiger charge is -2.16. The first-order valence-corrected chi connectivity index (χ1v) is 48.2. The maximum absolute atomic E-state index is 2.52. The largest absolute Gasteiger partial charge is 0.295 e. The van der Waals surface area contributed by atoms with Gasteiger partial charge in [-0.15, -0.1) is 0 Å². The lowest BCUT2D eigenvalue weighted by Crippen LogP contribution is -2.33. The van der Waals surface area contributed by atoms with Crippen LogP contribution in [0.4, 0.5) is 0 Å². The number of fused-ring (bicyclic) bond motifs is 32. The summed E-state index contributed by atoms with van der Waals surface area (Å²) in [5.74, 6) is 2.40. The molecule has 0 bridgehead atoms. The van der Waals surface area contributed by atoms with Gasteiger partial charge in [0.25, 0.3) is 34.1 Å². The molecule has 26 rings (SSSR count). The van der Waals surface area contributed by atoms with E-state index in [0.717, 1.165) is 12.8 Å². The van der Waals surface area contributed by atoms with Crippen LogP contribution >= 0.6 is 0 Å². The standard InChI is InChI=1S/C31H35N2.C21H17N2.2C19H17N2.C18H17N2.C17H15N2/c1-20(2)17-23-12-10-13-24(18-21(3)4)30(23)28-19-32(6)31-29-22(5)11-9-15-26(29)25-14-7-8-16-27(25)33(28)31;1-14-8-7-10-16-15-9-3-4-11-17(15)23-19-13-6-5-12-18(19)22(2)21(23)20(14)16;1-14-8-3-5-11-17(14)21-18-12-6-4-9-15(18)16-10-7-13-20(2)19(16)21;1-14-8-7-10-16-15-9-3-4-11-17(15)21(19(14)16)18-12-5-6-13-20(18)2;1-12-7-6-9-15-14-8-4-5-10-16(14)20-11-13(2)19(3)18(20)17(12)15;1-12-6-5-8-14-13-7-3-4-9-15(13)19-11-10-18(2)17(19)16(12)14/h7-16,19-21H,17-18H2,1-6H3;3-13H,1-2H3;2*3-13H,1-2H3;4-11H,1-3H3;3-11H,1-2H3/q6*+1. The highest BCUT2D eigenvalue weighted by Crippen LogP contribution is 2.42. The van der Waals surface area contributed by atoms with Crippen LogP contribution < -0.4 is 27.2 Å². The van der Waals surface area contributed by atoms with E-state index < -0.39 is 0 Å². The summed E-state index contributed by atoms with van der Waals surface area (Å²) in [7, 11) is 12.8. The average molecular weight is 1790 g/mol.